The highest BCUT2D eigenvalue weighted by Gasteiger charge is 2.35. The van der Waals surface area contributed by atoms with Crippen molar-refractivity contribution in [3.63, 3.8) is 0 Å². The van der Waals surface area contributed by atoms with E-state index in [-0.39, 0.29) is 17.3 Å². The Kier molecular flexibility index (Phi) is 7.00. The number of hydrogen-bond acceptors (Lipinski definition) is 4. The number of hydrogen-bond donors (Lipinski definition) is 0. The largest absolute Gasteiger partial charge is 0.383 e. The first-order chi connectivity index (χ1) is 12.8. The van der Waals surface area contributed by atoms with Gasteiger partial charge in [-0.15, -0.1) is 11.6 Å². The molecule has 1 aromatic heterocycles. The molecule has 0 aliphatic heterocycles. The van der Waals surface area contributed by atoms with E-state index < -0.39 is 11.5 Å². The van der Waals surface area contributed by atoms with Crippen molar-refractivity contribution in [2.75, 3.05) is 26.1 Å². The van der Waals surface area contributed by atoms with Gasteiger partial charge in [0, 0.05) is 26.1 Å². The second kappa shape index (κ2) is 8.85. The second-order valence-corrected chi connectivity index (χ2v) is 7.49. The average molecular weight is 394 g/mol. The molecule has 1 amide bonds. The number of fused-ring (bicyclic) bond motifs is 1. The quantitative estimate of drug-likeness (QED) is 0.646. The van der Waals surface area contributed by atoms with Gasteiger partial charge in [-0.2, -0.15) is 0 Å². The number of carbonyl (C=O) groups excluding carboxylic acids is 1. The molecular formula is C20H28ClN3O3. The monoisotopic (exact) mass is 393 g/mol. The zero-order chi connectivity index (χ0) is 20.2. The van der Waals surface area contributed by atoms with Crippen molar-refractivity contribution in [1.82, 2.24) is 14.5 Å². The molecule has 0 fully saturated rings. The predicted molar refractivity (Wildman–Crippen MR) is 108 cm³/mol. The van der Waals surface area contributed by atoms with Crippen LogP contribution in [0.15, 0.2) is 29.1 Å². The van der Waals surface area contributed by atoms with Crippen LogP contribution in [0.1, 0.15) is 39.6 Å². The number of methoxy groups -OCH3 is 1. The van der Waals surface area contributed by atoms with Crippen LogP contribution in [0.4, 0.5) is 0 Å². The Morgan fingerprint density at radius 2 is 2.04 bits per heavy atom. The number of nitrogens with zero attached hydrogens (tertiary/aromatic N) is 3. The molecule has 2 rings (SSSR count). The van der Waals surface area contributed by atoms with Crippen molar-refractivity contribution in [3.8, 4) is 0 Å². The maximum absolute atomic E-state index is 13.1. The normalized spacial score (nSPS) is 13.0. The molecule has 2 aromatic rings. The Morgan fingerprint density at radius 1 is 1.37 bits per heavy atom. The molecule has 1 atom stereocenters. The summed E-state index contributed by atoms with van der Waals surface area (Å²) in [7, 11) is 1.59. The highest BCUT2D eigenvalue weighted by atomic mass is 35.5. The number of benzene rings is 1. The summed E-state index contributed by atoms with van der Waals surface area (Å²) in [5.41, 5.74) is -0.192. The van der Waals surface area contributed by atoms with Gasteiger partial charge in [0.15, 0.2) is 0 Å². The van der Waals surface area contributed by atoms with E-state index in [1.165, 1.54) is 0 Å². The summed E-state index contributed by atoms with van der Waals surface area (Å²) >= 11 is 6.03. The first kappa shape index (κ1) is 21.4. The van der Waals surface area contributed by atoms with Crippen LogP contribution < -0.4 is 5.56 Å². The molecule has 0 saturated carbocycles. The zero-order valence-electron chi connectivity index (χ0n) is 16.7. The van der Waals surface area contributed by atoms with Crippen molar-refractivity contribution in [1.29, 1.82) is 0 Å². The Bertz CT molecular complexity index is 863. The summed E-state index contributed by atoms with van der Waals surface area (Å²) in [6, 6.07) is 6.87. The van der Waals surface area contributed by atoms with Crippen LogP contribution >= 0.6 is 11.6 Å². The van der Waals surface area contributed by atoms with Gasteiger partial charge < -0.3 is 9.64 Å². The predicted octanol–water partition coefficient (Wildman–Crippen LogP) is 3.22. The van der Waals surface area contributed by atoms with E-state index in [4.69, 9.17) is 21.3 Å². The second-order valence-electron chi connectivity index (χ2n) is 7.22. The molecule has 6 nitrogen and oxygen atoms in total. The van der Waals surface area contributed by atoms with Gasteiger partial charge in [-0.05, 0) is 39.8 Å². The maximum atomic E-state index is 13.1. The van der Waals surface area contributed by atoms with E-state index in [1.807, 2.05) is 45.9 Å². The van der Waals surface area contributed by atoms with Gasteiger partial charge in [-0.3, -0.25) is 14.2 Å². The Labute approximate surface area is 165 Å². The smallest absolute Gasteiger partial charge is 0.261 e. The molecule has 27 heavy (non-hydrogen) atoms. The third-order valence-electron chi connectivity index (χ3n) is 4.76. The lowest BCUT2D eigenvalue weighted by Crippen LogP contribution is -2.46. The minimum Gasteiger partial charge on any atom is -0.383 e. The number of para-hydroxylation sites is 1. The van der Waals surface area contributed by atoms with E-state index in [9.17, 15) is 9.59 Å². The number of rotatable bonds is 8. The lowest BCUT2D eigenvalue weighted by Gasteiger charge is -2.35. The highest BCUT2D eigenvalue weighted by Crippen LogP contribution is 2.27. The molecule has 0 saturated heterocycles. The van der Waals surface area contributed by atoms with Gasteiger partial charge in [0.2, 0.25) is 5.91 Å². The minimum atomic E-state index is -0.724. The number of halogens is 1. The number of amides is 1. The summed E-state index contributed by atoms with van der Waals surface area (Å²) in [5, 5.41) is 0.575. The van der Waals surface area contributed by atoms with Gasteiger partial charge in [0.25, 0.3) is 5.56 Å². The molecule has 0 aliphatic rings. The van der Waals surface area contributed by atoms with Crippen molar-refractivity contribution in [2.24, 2.45) is 5.41 Å². The molecule has 148 valence electrons. The van der Waals surface area contributed by atoms with Crippen LogP contribution in [0.25, 0.3) is 10.9 Å². The molecule has 0 radical (unpaired) electrons. The molecule has 0 N–H and O–H groups in total. The molecule has 1 aromatic carbocycles. The van der Waals surface area contributed by atoms with Crippen LogP contribution in [0.2, 0.25) is 0 Å². The van der Waals surface area contributed by atoms with E-state index in [0.29, 0.717) is 36.4 Å². The summed E-state index contributed by atoms with van der Waals surface area (Å²) in [6.45, 7) is 8.67. The van der Waals surface area contributed by atoms with E-state index in [1.54, 1.807) is 22.6 Å². The minimum absolute atomic E-state index is 0.0906. The number of ether oxygens (including phenoxy) is 1. The van der Waals surface area contributed by atoms with Crippen LogP contribution in [0.3, 0.4) is 0 Å². The number of carbonyl (C=O) groups is 1. The summed E-state index contributed by atoms with van der Waals surface area (Å²) in [5.74, 6) is 0.677. The summed E-state index contributed by atoms with van der Waals surface area (Å²) in [4.78, 5) is 32.5. The van der Waals surface area contributed by atoms with Crippen LogP contribution in [-0.2, 0) is 16.1 Å². The Balaban J connectivity index is 2.58. The highest BCUT2D eigenvalue weighted by molar-refractivity contribution is 6.19. The molecule has 1 heterocycles. The van der Waals surface area contributed by atoms with Crippen LogP contribution in [0.5, 0.6) is 0 Å². The van der Waals surface area contributed by atoms with Gasteiger partial charge in [0.1, 0.15) is 5.82 Å². The molecule has 0 aliphatic carbocycles. The molecule has 7 heteroatoms. The van der Waals surface area contributed by atoms with E-state index in [2.05, 4.69) is 0 Å². The first-order valence-corrected chi connectivity index (χ1v) is 9.67. The fraction of sp³-hybridized carbons (Fsp3) is 0.550. The van der Waals surface area contributed by atoms with Crippen molar-refractivity contribution in [3.05, 3.63) is 40.4 Å². The lowest BCUT2D eigenvalue weighted by molar-refractivity contribution is -0.142. The third kappa shape index (κ3) is 4.33. The summed E-state index contributed by atoms with van der Waals surface area (Å²) < 4.78 is 6.82. The van der Waals surface area contributed by atoms with E-state index in [0.717, 1.165) is 0 Å². The fourth-order valence-corrected chi connectivity index (χ4v) is 3.17. The number of alkyl halides is 1. The third-order valence-corrected chi connectivity index (χ3v) is 5.43. The topological polar surface area (TPSA) is 64.4 Å². The van der Waals surface area contributed by atoms with Crippen molar-refractivity contribution < 1.29 is 9.53 Å². The lowest BCUT2D eigenvalue weighted by atomic mass is 9.93. The Hall–Kier alpha value is -1.92. The van der Waals surface area contributed by atoms with Crippen LogP contribution in [-0.4, -0.2) is 46.5 Å². The standard InChI is InChI=1S/C20H28ClN3O3/c1-6-23-17(22-16-10-8-7-9-15(16)18(23)25)14(2)24(11-12-27-5)19(26)20(3,4)13-21/h7-10,14H,6,11-13H2,1-5H3. The number of aromatic nitrogens is 2. The molecule has 0 spiro atoms. The zero-order valence-corrected chi connectivity index (χ0v) is 17.4. The van der Waals surface area contributed by atoms with Crippen LogP contribution in [0, 0.1) is 5.41 Å². The summed E-state index contributed by atoms with van der Waals surface area (Å²) in [6.07, 6.45) is 0. The molecule has 0 bridgehead atoms. The van der Waals surface area contributed by atoms with Gasteiger partial charge in [-0.1, -0.05) is 12.1 Å². The van der Waals surface area contributed by atoms with Crippen molar-refractivity contribution >= 4 is 28.4 Å². The van der Waals surface area contributed by atoms with Crippen molar-refractivity contribution in [2.45, 2.75) is 40.3 Å². The van der Waals surface area contributed by atoms with E-state index >= 15 is 0 Å². The maximum Gasteiger partial charge on any atom is 0.261 e. The first-order valence-electron chi connectivity index (χ1n) is 9.14. The molecular weight excluding hydrogens is 366 g/mol. The van der Waals surface area contributed by atoms with Gasteiger partial charge in [-0.25, -0.2) is 4.98 Å². The van der Waals surface area contributed by atoms with Gasteiger partial charge in [0.05, 0.1) is 29.0 Å². The Morgan fingerprint density at radius 3 is 2.63 bits per heavy atom. The fourth-order valence-electron chi connectivity index (χ4n) is 3.06. The average Bonchev–Trinajstić information content (AvgIpc) is 2.67. The van der Waals surface area contributed by atoms with Gasteiger partial charge >= 0.3 is 0 Å². The molecule has 1 unspecified atom stereocenters. The SMILES string of the molecule is CCn1c(C(C)N(CCOC)C(=O)C(C)(C)CCl)nc2ccccc2c1=O.